The number of rotatable bonds is 5. The Hall–Kier alpha value is -3.36. The molecule has 162 valence electrons. The summed E-state index contributed by atoms with van der Waals surface area (Å²) in [7, 11) is 1.55. The zero-order valence-corrected chi connectivity index (χ0v) is 17.3. The molecule has 1 aromatic carbocycles. The molecule has 9 nitrogen and oxygen atoms in total. The van der Waals surface area contributed by atoms with E-state index in [4.69, 9.17) is 14.0 Å². The predicted molar refractivity (Wildman–Crippen MR) is 108 cm³/mol. The number of hydrogen-bond acceptors (Lipinski definition) is 7. The van der Waals surface area contributed by atoms with Crippen LogP contribution in [-0.2, 0) is 16.1 Å². The van der Waals surface area contributed by atoms with Gasteiger partial charge in [0.15, 0.2) is 5.82 Å². The molecule has 5 rings (SSSR count). The second kappa shape index (κ2) is 8.05. The first-order valence-electron chi connectivity index (χ1n) is 10.6. The van der Waals surface area contributed by atoms with Gasteiger partial charge in [-0.2, -0.15) is 4.98 Å². The van der Waals surface area contributed by atoms with Gasteiger partial charge in [-0.15, -0.1) is 0 Å². The van der Waals surface area contributed by atoms with E-state index < -0.39 is 12.0 Å². The van der Waals surface area contributed by atoms with Crippen LogP contribution in [0.2, 0.25) is 0 Å². The topological polar surface area (TPSA) is 107 Å². The smallest absolute Gasteiger partial charge is 0.338 e. The van der Waals surface area contributed by atoms with Gasteiger partial charge in [0.1, 0.15) is 18.9 Å². The number of hydrogen-bond donors (Lipinski definition) is 1. The van der Waals surface area contributed by atoms with Crippen molar-refractivity contribution in [3.05, 3.63) is 52.8 Å². The van der Waals surface area contributed by atoms with Crippen molar-refractivity contribution in [2.75, 3.05) is 13.7 Å². The SMILES string of the molecule is COc1ccccc1[C@H]1NC(=O)N(Cc2nc(C3CCCCC3)no2)C2=C1C(=O)OC2. The Balaban J connectivity index is 1.44. The first-order chi connectivity index (χ1) is 15.2. The molecule has 2 amide bonds. The highest BCUT2D eigenvalue weighted by Gasteiger charge is 2.43. The Morgan fingerprint density at radius 2 is 2.00 bits per heavy atom. The van der Waals surface area contributed by atoms with Gasteiger partial charge in [-0.25, -0.2) is 9.59 Å². The van der Waals surface area contributed by atoms with E-state index in [-0.39, 0.29) is 19.2 Å². The fourth-order valence-electron chi connectivity index (χ4n) is 4.61. The number of carbonyl (C=O) groups excluding carboxylic acids is 2. The highest BCUT2D eigenvalue weighted by atomic mass is 16.5. The van der Waals surface area contributed by atoms with E-state index in [1.165, 1.54) is 24.2 Å². The Bertz CT molecular complexity index is 1040. The summed E-state index contributed by atoms with van der Waals surface area (Å²) in [4.78, 5) is 31.6. The van der Waals surface area contributed by atoms with Gasteiger partial charge in [0.25, 0.3) is 0 Å². The summed E-state index contributed by atoms with van der Waals surface area (Å²) in [5.74, 6) is 1.48. The standard InChI is InChI=1S/C22H24N4O5/c1-29-16-10-6-5-9-14(16)19-18-15(12-30-21(18)27)26(22(28)24-19)11-17-23-20(25-31-17)13-7-3-2-4-8-13/h5-6,9-10,13,19H,2-4,7-8,11-12H2,1H3,(H,24,28)/t19-/m1/s1. The quantitative estimate of drug-likeness (QED) is 0.735. The van der Waals surface area contributed by atoms with Gasteiger partial charge in [0, 0.05) is 11.5 Å². The molecule has 31 heavy (non-hydrogen) atoms. The minimum atomic E-state index is -0.648. The number of aromatic nitrogens is 2. The monoisotopic (exact) mass is 424 g/mol. The van der Waals surface area contributed by atoms with Crippen LogP contribution < -0.4 is 10.1 Å². The fourth-order valence-corrected chi connectivity index (χ4v) is 4.61. The molecule has 2 aromatic rings. The van der Waals surface area contributed by atoms with Crippen LogP contribution in [0.15, 0.2) is 40.1 Å². The lowest BCUT2D eigenvalue weighted by Crippen LogP contribution is -2.47. The van der Waals surface area contributed by atoms with Crippen molar-refractivity contribution >= 4 is 12.0 Å². The van der Waals surface area contributed by atoms with E-state index >= 15 is 0 Å². The minimum absolute atomic E-state index is 0.0247. The van der Waals surface area contributed by atoms with Crippen LogP contribution in [0.1, 0.15) is 61.3 Å². The maximum atomic E-state index is 13.0. The molecule has 1 aromatic heterocycles. The third-order valence-corrected chi connectivity index (χ3v) is 6.20. The molecule has 0 unspecified atom stereocenters. The maximum Gasteiger partial charge on any atom is 0.338 e. The van der Waals surface area contributed by atoms with Crippen LogP contribution in [0.4, 0.5) is 4.79 Å². The second-order valence-corrected chi connectivity index (χ2v) is 8.03. The number of ether oxygens (including phenoxy) is 2. The number of benzene rings is 1. The predicted octanol–water partition coefficient (Wildman–Crippen LogP) is 3.20. The first kappa shape index (κ1) is 19.6. The molecule has 1 aliphatic carbocycles. The van der Waals surface area contributed by atoms with Gasteiger partial charge in [-0.1, -0.05) is 42.6 Å². The summed E-state index contributed by atoms with van der Waals surface area (Å²) in [6.45, 7) is 0.108. The molecule has 2 aliphatic heterocycles. The zero-order valence-electron chi connectivity index (χ0n) is 17.3. The number of amides is 2. The van der Waals surface area contributed by atoms with Crippen LogP contribution in [0, 0.1) is 0 Å². The molecule has 3 aliphatic rings. The number of para-hydroxylation sites is 1. The van der Waals surface area contributed by atoms with Crippen molar-refractivity contribution in [3.63, 3.8) is 0 Å². The molecule has 0 spiro atoms. The van der Waals surface area contributed by atoms with Gasteiger partial charge >= 0.3 is 12.0 Å². The van der Waals surface area contributed by atoms with Crippen molar-refractivity contribution in [2.45, 2.75) is 50.6 Å². The number of urea groups is 1. The fraction of sp³-hybridized carbons (Fsp3) is 0.455. The summed E-state index contributed by atoms with van der Waals surface area (Å²) in [6.07, 6.45) is 5.70. The van der Waals surface area contributed by atoms with Crippen molar-refractivity contribution in [3.8, 4) is 5.75 Å². The van der Waals surface area contributed by atoms with Gasteiger partial charge in [-0.3, -0.25) is 4.90 Å². The Kier molecular flexibility index (Phi) is 5.09. The molecule has 9 heteroatoms. The molecule has 0 radical (unpaired) electrons. The van der Waals surface area contributed by atoms with Crippen molar-refractivity contribution in [2.24, 2.45) is 0 Å². The molecule has 0 bridgehead atoms. The van der Waals surface area contributed by atoms with Gasteiger partial charge < -0.3 is 19.3 Å². The molecule has 1 saturated carbocycles. The van der Waals surface area contributed by atoms with Crippen molar-refractivity contribution < 1.29 is 23.6 Å². The Morgan fingerprint density at radius 3 is 2.81 bits per heavy atom. The number of esters is 1. The molecule has 1 N–H and O–H groups in total. The number of carbonyl (C=O) groups is 2. The lowest BCUT2D eigenvalue weighted by molar-refractivity contribution is -0.136. The Morgan fingerprint density at radius 1 is 1.19 bits per heavy atom. The molecule has 1 fully saturated rings. The Labute approximate surface area is 179 Å². The number of nitrogens with zero attached hydrogens (tertiary/aromatic N) is 3. The molecule has 1 atom stereocenters. The van der Waals surface area contributed by atoms with Crippen LogP contribution in [0.5, 0.6) is 5.75 Å². The summed E-state index contributed by atoms with van der Waals surface area (Å²) in [5.41, 5.74) is 1.61. The molecular formula is C22H24N4O5. The van der Waals surface area contributed by atoms with Crippen LogP contribution >= 0.6 is 0 Å². The van der Waals surface area contributed by atoms with Crippen molar-refractivity contribution in [1.82, 2.24) is 20.4 Å². The minimum Gasteiger partial charge on any atom is -0.496 e. The third-order valence-electron chi connectivity index (χ3n) is 6.20. The number of methoxy groups -OCH3 is 1. The molecule has 3 heterocycles. The summed E-state index contributed by atoms with van der Waals surface area (Å²) in [6, 6.07) is 6.28. The number of nitrogens with one attached hydrogen (secondary N) is 1. The van der Waals surface area contributed by atoms with Crippen LogP contribution in [-0.4, -0.2) is 40.8 Å². The number of cyclic esters (lactones) is 1. The average molecular weight is 424 g/mol. The lowest BCUT2D eigenvalue weighted by Gasteiger charge is -2.32. The van der Waals surface area contributed by atoms with Gasteiger partial charge in [0.2, 0.25) is 5.89 Å². The van der Waals surface area contributed by atoms with Gasteiger partial charge in [0.05, 0.1) is 24.4 Å². The van der Waals surface area contributed by atoms with Gasteiger partial charge in [-0.05, 0) is 18.9 Å². The van der Waals surface area contributed by atoms with Crippen LogP contribution in [0.3, 0.4) is 0 Å². The summed E-state index contributed by atoms with van der Waals surface area (Å²) >= 11 is 0. The van der Waals surface area contributed by atoms with E-state index in [1.807, 2.05) is 18.2 Å². The summed E-state index contributed by atoms with van der Waals surface area (Å²) in [5, 5.41) is 7.05. The zero-order chi connectivity index (χ0) is 21.4. The summed E-state index contributed by atoms with van der Waals surface area (Å²) < 4.78 is 16.2. The molecular weight excluding hydrogens is 400 g/mol. The highest BCUT2D eigenvalue weighted by molar-refractivity contribution is 5.97. The van der Waals surface area contributed by atoms with E-state index in [9.17, 15) is 9.59 Å². The average Bonchev–Trinajstić information content (AvgIpc) is 3.43. The van der Waals surface area contributed by atoms with E-state index in [0.29, 0.717) is 40.2 Å². The largest absolute Gasteiger partial charge is 0.496 e. The van der Waals surface area contributed by atoms with E-state index in [0.717, 1.165) is 12.8 Å². The normalized spacial score (nSPS) is 21.7. The highest BCUT2D eigenvalue weighted by Crippen LogP contribution is 2.39. The first-order valence-corrected chi connectivity index (χ1v) is 10.6. The van der Waals surface area contributed by atoms with E-state index in [2.05, 4.69) is 15.5 Å². The van der Waals surface area contributed by atoms with Crippen molar-refractivity contribution in [1.29, 1.82) is 0 Å². The second-order valence-electron chi connectivity index (χ2n) is 8.03. The lowest BCUT2D eigenvalue weighted by atomic mass is 9.89. The van der Waals surface area contributed by atoms with Crippen LogP contribution in [0.25, 0.3) is 0 Å². The third kappa shape index (κ3) is 3.54. The van der Waals surface area contributed by atoms with E-state index in [1.54, 1.807) is 13.2 Å². The molecule has 0 saturated heterocycles. The maximum absolute atomic E-state index is 13.0.